The first-order valence-electron chi connectivity index (χ1n) is 10.7. The minimum atomic E-state index is -0.537. The summed E-state index contributed by atoms with van der Waals surface area (Å²) in [5.41, 5.74) is 1.57. The van der Waals surface area contributed by atoms with Crippen LogP contribution in [0, 0.1) is 5.92 Å². The smallest absolute Gasteiger partial charge is 0.293 e. The zero-order chi connectivity index (χ0) is 22.1. The van der Waals surface area contributed by atoms with Crippen molar-refractivity contribution in [2.24, 2.45) is 5.92 Å². The molecular weight excluding hydrogens is 380 g/mol. The number of carbonyl (C=O) groups is 1. The Balaban J connectivity index is 1.76. The highest BCUT2D eigenvalue weighted by molar-refractivity contribution is 5.81. The third kappa shape index (κ3) is 4.45. The lowest BCUT2D eigenvalue weighted by Crippen LogP contribution is -2.33. The largest absolute Gasteiger partial charge is 0.497 e. The summed E-state index contributed by atoms with van der Waals surface area (Å²) in [6, 6.07) is 5.21. The molecule has 0 unspecified atom stereocenters. The minimum Gasteiger partial charge on any atom is -0.497 e. The number of hydrogen-bond acceptors (Lipinski definition) is 5. The fraction of sp³-hybridized carbons (Fsp3) is 0.520. The zero-order valence-corrected chi connectivity index (χ0v) is 18.8. The lowest BCUT2D eigenvalue weighted by Gasteiger charge is -2.27. The van der Waals surface area contributed by atoms with E-state index in [4.69, 9.17) is 13.9 Å². The van der Waals surface area contributed by atoms with E-state index in [-0.39, 0.29) is 17.1 Å². The van der Waals surface area contributed by atoms with Crippen molar-refractivity contribution in [1.82, 2.24) is 0 Å². The molecule has 30 heavy (non-hydrogen) atoms. The van der Waals surface area contributed by atoms with Crippen molar-refractivity contribution in [3.8, 4) is 11.7 Å². The Bertz CT molecular complexity index is 1030. The second-order valence-electron chi connectivity index (χ2n) is 9.03. The standard InChI is InChI=1S/C25H32O5/c1-15(2)12-18(26)13-16(3)8-7-11-25(5)17(4)22-23(27)20-10-9-19(28-6)14-21(20)29-24(22)30-25/h8-10,14-15,17H,7,11-13H2,1-6H3/t17-,25-/m1/s1. The number of carbonyl (C=O) groups excluding carboxylic acids is 1. The molecule has 5 heteroatoms. The summed E-state index contributed by atoms with van der Waals surface area (Å²) < 4.78 is 17.4. The van der Waals surface area contributed by atoms with Gasteiger partial charge in [-0.2, -0.15) is 0 Å². The van der Waals surface area contributed by atoms with Gasteiger partial charge in [0.15, 0.2) is 5.43 Å². The van der Waals surface area contributed by atoms with Crippen LogP contribution < -0.4 is 14.9 Å². The molecule has 0 saturated carbocycles. The van der Waals surface area contributed by atoms with Crippen molar-refractivity contribution in [2.45, 2.75) is 71.8 Å². The summed E-state index contributed by atoms with van der Waals surface area (Å²) >= 11 is 0. The second-order valence-corrected chi connectivity index (χ2v) is 9.03. The lowest BCUT2D eigenvalue weighted by molar-refractivity contribution is -0.119. The SMILES string of the molecule is COc1ccc2c(=O)c3c(oc2c1)O[C@](C)(CCC=C(C)CC(=O)CC(C)C)[C@@H]3C. The van der Waals surface area contributed by atoms with E-state index in [1.165, 1.54) is 0 Å². The molecule has 1 aliphatic heterocycles. The molecule has 0 N–H and O–H groups in total. The van der Waals surface area contributed by atoms with Crippen LogP contribution in [-0.4, -0.2) is 18.5 Å². The van der Waals surface area contributed by atoms with Gasteiger partial charge in [0.05, 0.1) is 18.1 Å². The van der Waals surface area contributed by atoms with Crippen molar-refractivity contribution in [1.29, 1.82) is 0 Å². The number of hydrogen-bond donors (Lipinski definition) is 0. The minimum absolute atomic E-state index is 0.0452. The molecule has 0 radical (unpaired) electrons. The Kier molecular flexibility index (Phi) is 6.39. The van der Waals surface area contributed by atoms with Gasteiger partial charge in [0.2, 0.25) is 0 Å². The van der Waals surface area contributed by atoms with Gasteiger partial charge in [0, 0.05) is 24.8 Å². The average Bonchev–Trinajstić information content (AvgIpc) is 2.91. The molecule has 0 spiro atoms. The van der Waals surface area contributed by atoms with Crippen molar-refractivity contribution < 1.29 is 18.7 Å². The molecule has 5 nitrogen and oxygen atoms in total. The number of ether oxygens (including phenoxy) is 2. The first-order chi connectivity index (χ1) is 14.1. The normalized spacial score (nSPS) is 21.0. The number of rotatable bonds is 8. The molecule has 3 rings (SSSR count). The first kappa shape index (κ1) is 22.1. The zero-order valence-electron chi connectivity index (χ0n) is 18.8. The fourth-order valence-electron chi connectivity index (χ4n) is 4.13. The molecule has 0 bridgehead atoms. The van der Waals surface area contributed by atoms with Crippen LogP contribution in [0.25, 0.3) is 11.0 Å². The molecule has 1 aromatic carbocycles. The third-order valence-corrected chi connectivity index (χ3v) is 6.02. The van der Waals surface area contributed by atoms with E-state index in [2.05, 4.69) is 19.9 Å². The number of allylic oxidation sites excluding steroid dienone is 2. The van der Waals surface area contributed by atoms with E-state index in [0.717, 1.165) is 18.4 Å². The predicted molar refractivity (Wildman–Crippen MR) is 119 cm³/mol. The fourth-order valence-corrected chi connectivity index (χ4v) is 4.13. The van der Waals surface area contributed by atoms with Crippen LogP contribution in [0.5, 0.6) is 11.7 Å². The summed E-state index contributed by atoms with van der Waals surface area (Å²) in [5, 5.41) is 0.536. The van der Waals surface area contributed by atoms with Gasteiger partial charge in [-0.25, -0.2) is 0 Å². The van der Waals surface area contributed by atoms with Gasteiger partial charge >= 0.3 is 0 Å². The van der Waals surface area contributed by atoms with Gasteiger partial charge < -0.3 is 13.9 Å². The van der Waals surface area contributed by atoms with E-state index >= 15 is 0 Å². The van der Waals surface area contributed by atoms with Crippen LogP contribution in [0.3, 0.4) is 0 Å². The van der Waals surface area contributed by atoms with Crippen LogP contribution in [0.4, 0.5) is 0 Å². The third-order valence-electron chi connectivity index (χ3n) is 6.02. The van der Waals surface area contributed by atoms with Crippen molar-refractivity contribution in [3.63, 3.8) is 0 Å². The first-order valence-corrected chi connectivity index (χ1v) is 10.7. The predicted octanol–water partition coefficient (Wildman–Crippen LogP) is 5.79. The molecule has 0 amide bonds. The molecule has 2 heterocycles. The topological polar surface area (TPSA) is 65.7 Å². The van der Waals surface area contributed by atoms with Crippen molar-refractivity contribution >= 4 is 16.8 Å². The highest BCUT2D eigenvalue weighted by Gasteiger charge is 2.45. The van der Waals surface area contributed by atoms with Gasteiger partial charge in [0.25, 0.3) is 5.95 Å². The summed E-state index contributed by atoms with van der Waals surface area (Å²) in [4.78, 5) is 25.1. The molecule has 0 saturated heterocycles. The van der Waals surface area contributed by atoms with Crippen molar-refractivity contribution in [2.75, 3.05) is 7.11 Å². The van der Waals surface area contributed by atoms with Crippen LogP contribution in [0.1, 0.15) is 71.8 Å². The highest BCUT2D eigenvalue weighted by atomic mass is 16.6. The van der Waals surface area contributed by atoms with E-state index in [1.54, 1.807) is 25.3 Å². The maximum atomic E-state index is 13.1. The average molecular weight is 413 g/mol. The van der Waals surface area contributed by atoms with Gasteiger partial charge in [-0.1, -0.05) is 32.4 Å². The van der Waals surface area contributed by atoms with Gasteiger partial charge in [-0.05, 0) is 44.7 Å². The summed E-state index contributed by atoms with van der Waals surface area (Å²) in [7, 11) is 1.58. The Labute approximate surface area is 178 Å². The highest BCUT2D eigenvalue weighted by Crippen LogP contribution is 2.46. The monoisotopic (exact) mass is 412 g/mol. The maximum Gasteiger partial charge on any atom is 0.293 e. The molecule has 2 aromatic rings. The molecule has 1 aromatic heterocycles. The Morgan fingerprint density at radius 1 is 1.33 bits per heavy atom. The van der Waals surface area contributed by atoms with Gasteiger partial charge in [0.1, 0.15) is 22.7 Å². The molecule has 162 valence electrons. The van der Waals surface area contributed by atoms with Gasteiger partial charge in [-0.15, -0.1) is 0 Å². The summed E-state index contributed by atoms with van der Waals surface area (Å²) in [6.45, 7) is 10.2. The van der Waals surface area contributed by atoms with Crippen LogP contribution in [0.2, 0.25) is 0 Å². The van der Waals surface area contributed by atoms with E-state index < -0.39 is 5.60 Å². The van der Waals surface area contributed by atoms with E-state index in [0.29, 0.717) is 47.0 Å². The molecule has 0 aliphatic carbocycles. The summed E-state index contributed by atoms with van der Waals surface area (Å²) in [5.74, 6) is 1.51. The van der Waals surface area contributed by atoms with Gasteiger partial charge in [-0.3, -0.25) is 9.59 Å². The molecular formula is C25H32O5. The summed E-state index contributed by atoms with van der Waals surface area (Å²) in [6.07, 6.45) is 4.73. The number of ketones is 1. The van der Waals surface area contributed by atoms with Crippen LogP contribution >= 0.6 is 0 Å². The lowest BCUT2D eigenvalue weighted by atomic mass is 9.83. The number of benzene rings is 1. The molecule has 1 aliphatic rings. The Morgan fingerprint density at radius 2 is 2.07 bits per heavy atom. The van der Waals surface area contributed by atoms with Crippen LogP contribution in [0.15, 0.2) is 39.1 Å². The number of fused-ring (bicyclic) bond motifs is 2. The quantitative estimate of drug-likeness (QED) is 0.514. The van der Waals surface area contributed by atoms with Crippen molar-refractivity contribution in [3.05, 3.63) is 45.6 Å². The van der Waals surface area contributed by atoms with E-state index in [9.17, 15) is 9.59 Å². The molecule has 0 fully saturated rings. The number of methoxy groups -OCH3 is 1. The Hall–Kier alpha value is -2.56. The second kappa shape index (κ2) is 8.66. The molecule has 2 atom stereocenters. The maximum absolute atomic E-state index is 13.1. The van der Waals surface area contributed by atoms with E-state index in [1.807, 2.05) is 20.8 Å². The van der Waals surface area contributed by atoms with Crippen LogP contribution in [-0.2, 0) is 4.79 Å². The number of Topliss-reactive ketones (excluding diaryl/α,β-unsaturated/α-hetero) is 1. The Morgan fingerprint density at radius 3 is 2.73 bits per heavy atom.